The van der Waals surface area contributed by atoms with E-state index in [4.69, 9.17) is 9.84 Å². The standard InChI is InChI=1S/C10H20O4/c1-3-7-6(5-11)4-8(14-2)10(13)9(7)12/h6-13H,3-5H2,1-2H3/t6?,7-,8-,9+,10?/m1/s1. The highest BCUT2D eigenvalue weighted by atomic mass is 16.5. The molecular weight excluding hydrogens is 184 g/mol. The van der Waals surface area contributed by atoms with Gasteiger partial charge in [-0.25, -0.2) is 0 Å². The Balaban J connectivity index is 2.71. The first-order chi connectivity index (χ1) is 6.65. The zero-order valence-corrected chi connectivity index (χ0v) is 8.76. The molecule has 5 atom stereocenters. The molecule has 0 spiro atoms. The molecular formula is C10H20O4. The normalized spacial score (nSPS) is 43.9. The minimum atomic E-state index is -0.826. The predicted molar refractivity (Wildman–Crippen MR) is 51.8 cm³/mol. The summed E-state index contributed by atoms with van der Waals surface area (Å²) in [7, 11) is 1.52. The lowest BCUT2D eigenvalue weighted by Crippen LogP contribution is -2.51. The summed E-state index contributed by atoms with van der Waals surface area (Å²) in [5.74, 6) is 0.00440. The van der Waals surface area contributed by atoms with Gasteiger partial charge < -0.3 is 20.1 Å². The van der Waals surface area contributed by atoms with Crippen LogP contribution in [0.2, 0.25) is 0 Å². The van der Waals surface area contributed by atoms with Crippen LogP contribution in [0.3, 0.4) is 0 Å². The molecule has 0 radical (unpaired) electrons. The van der Waals surface area contributed by atoms with Crippen molar-refractivity contribution in [2.24, 2.45) is 11.8 Å². The van der Waals surface area contributed by atoms with Crippen molar-refractivity contribution >= 4 is 0 Å². The summed E-state index contributed by atoms with van der Waals surface area (Å²) in [4.78, 5) is 0. The molecule has 1 rings (SSSR count). The summed E-state index contributed by atoms with van der Waals surface area (Å²) in [5, 5.41) is 28.7. The van der Waals surface area contributed by atoms with Crippen LogP contribution in [0.4, 0.5) is 0 Å². The zero-order chi connectivity index (χ0) is 10.7. The quantitative estimate of drug-likeness (QED) is 0.593. The highest BCUT2D eigenvalue weighted by Crippen LogP contribution is 2.33. The maximum Gasteiger partial charge on any atom is 0.106 e. The maximum absolute atomic E-state index is 9.80. The van der Waals surface area contributed by atoms with E-state index < -0.39 is 12.2 Å². The summed E-state index contributed by atoms with van der Waals surface area (Å²) in [5.41, 5.74) is 0. The van der Waals surface area contributed by atoms with E-state index in [1.165, 1.54) is 7.11 Å². The van der Waals surface area contributed by atoms with E-state index in [1.807, 2.05) is 6.92 Å². The van der Waals surface area contributed by atoms with Gasteiger partial charge in [0.1, 0.15) is 6.10 Å². The second kappa shape index (κ2) is 5.07. The predicted octanol–water partition coefficient (Wildman–Crippen LogP) is -0.238. The third-order valence-electron chi connectivity index (χ3n) is 3.32. The molecule has 0 aromatic rings. The summed E-state index contributed by atoms with van der Waals surface area (Å²) in [6, 6.07) is 0. The van der Waals surface area contributed by atoms with E-state index in [0.29, 0.717) is 6.42 Å². The van der Waals surface area contributed by atoms with Gasteiger partial charge in [0.25, 0.3) is 0 Å². The van der Waals surface area contributed by atoms with Crippen LogP contribution in [0.15, 0.2) is 0 Å². The lowest BCUT2D eigenvalue weighted by molar-refractivity contribution is -0.147. The second-order valence-corrected chi connectivity index (χ2v) is 4.01. The van der Waals surface area contributed by atoms with Crippen molar-refractivity contribution in [3.8, 4) is 0 Å². The molecule has 14 heavy (non-hydrogen) atoms. The minimum Gasteiger partial charge on any atom is -0.396 e. The number of rotatable bonds is 3. The van der Waals surface area contributed by atoms with Gasteiger partial charge in [-0.1, -0.05) is 13.3 Å². The van der Waals surface area contributed by atoms with Gasteiger partial charge in [-0.2, -0.15) is 0 Å². The monoisotopic (exact) mass is 204 g/mol. The van der Waals surface area contributed by atoms with E-state index >= 15 is 0 Å². The molecule has 0 amide bonds. The summed E-state index contributed by atoms with van der Waals surface area (Å²) >= 11 is 0. The Hall–Kier alpha value is -0.160. The highest BCUT2D eigenvalue weighted by Gasteiger charge is 2.42. The summed E-state index contributed by atoms with van der Waals surface area (Å²) < 4.78 is 5.08. The lowest BCUT2D eigenvalue weighted by atomic mass is 9.73. The number of aliphatic hydroxyl groups excluding tert-OH is 3. The van der Waals surface area contributed by atoms with Gasteiger partial charge in [0.2, 0.25) is 0 Å². The van der Waals surface area contributed by atoms with Gasteiger partial charge in [0.05, 0.1) is 12.2 Å². The molecule has 1 fully saturated rings. The van der Waals surface area contributed by atoms with Crippen LogP contribution in [0, 0.1) is 11.8 Å². The van der Waals surface area contributed by atoms with Gasteiger partial charge >= 0.3 is 0 Å². The molecule has 0 aromatic carbocycles. The van der Waals surface area contributed by atoms with Crippen molar-refractivity contribution in [2.45, 2.75) is 38.1 Å². The van der Waals surface area contributed by atoms with Gasteiger partial charge in [-0.3, -0.25) is 0 Å². The van der Waals surface area contributed by atoms with Crippen LogP contribution >= 0.6 is 0 Å². The molecule has 0 aromatic heterocycles. The molecule has 1 aliphatic rings. The van der Waals surface area contributed by atoms with Crippen molar-refractivity contribution in [3.63, 3.8) is 0 Å². The third kappa shape index (κ3) is 2.08. The average molecular weight is 204 g/mol. The van der Waals surface area contributed by atoms with E-state index in [1.54, 1.807) is 0 Å². The Morgan fingerprint density at radius 1 is 1.29 bits per heavy atom. The van der Waals surface area contributed by atoms with Crippen LogP contribution in [0.25, 0.3) is 0 Å². The molecule has 4 heteroatoms. The maximum atomic E-state index is 9.80. The Bertz CT molecular complexity index is 172. The fourth-order valence-corrected chi connectivity index (χ4v) is 2.39. The molecule has 2 unspecified atom stereocenters. The number of hydrogen-bond donors (Lipinski definition) is 3. The third-order valence-corrected chi connectivity index (χ3v) is 3.32. The Labute approximate surface area is 84.5 Å². The lowest BCUT2D eigenvalue weighted by Gasteiger charge is -2.41. The Morgan fingerprint density at radius 3 is 2.36 bits per heavy atom. The molecule has 0 saturated heterocycles. The Kier molecular flexibility index (Phi) is 4.31. The number of methoxy groups -OCH3 is 1. The minimum absolute atomic E-state index is 0.0265. The van der Waals surface area contributed by atoms with Crippen molar-refractivity contribution in [1.29, 1.82) is 0 Å². The van der Waals surface area contributed by atoms with Crippen molar-refractivity contribution < 1.29 is 20.1 Å². The van der Waals surface area contributed by atoms with E-state index in [9.17, 15) is 10.2 Å². The molecule has 0 aliphatic heterocycles. The van der Waals surface area contributed by atoms with Crippen molar-refractivity contribution in [1.82, 2.24) is 0 Å². The molecule has 3 N–H and O–H groups in total. The molecule has 0 bridgehead atoms. The number of hydrogen-bond acceptors (Lipinski definition) is 4. The fourth-order valence-electron chi connectivity index (χ4n) is 2.39. The average Bonchev–Trinajstić information content (AvgIpc) is 2.21. The number of aliphatic hydroxyl groups is 3. The zero-order valence-electron chi connectivity index (χ0n) is 8.76. The molecule has 4 nitrogen and oxygen atoms in total. The highest BCUT2D eigenvalue weighted by molar-refractivity contribution is 4.92. The van der Waals surface area contributed by atoms with Crippen LogP contribution in [-0.4, -0.2) is 47.3 Å². The first kappa shape index (κ1) is 11.9. The first-order valence-corrected chi connectivity index (χ1v) is 5.15. The van der Waals surface area contributed by atoms with Gasteiger partial charge in [-0.15, -0.1) is 0 Å². The molecule has 84 valence electrons. The van der Waals surface area contributed by atoms with E-state index in [0.717, 1.165) is 6.42 Å². The van der Waals surface area contributed by atoms with Gasteiger partial charge in [0, 0.05) is 13.7 Å². The van der Waals surface area contributed by atoms with Gasteiger partial charge in [-0.05, 0) is 18.3 Å². The summed E-state index contributed by atoms with van der Waals surface area (Å²) in [6.07, 6.45) is -0.586. The largest absolute Gasteiger partial charge is 0.396 e. The van der Waals surface area contributed by atoms with Crippen molar-refractivity contribution in [2.75, 3.05) is 13.7 Å². The number of ether oxygens (including phenoxy) is 1. The SMILES string of the molecule is CC[C@@H]1C(CO)C[C@@H](OC)C(O)[C@H]1O. The molecule has 1 saturated carbocycles. The van der Waals surface area contributed by atoms with E-state index in [2.05, 4.69) is 0 Å². The summed E-state index contributed by atoms with van der Waals surface area (Å²) in [6.45, 7) is 2.00. The van der Waals surface area contributed by atoms with Crippen LogP contribution in [0.5, 0.6) is 0 Å². The van der Waals surface area contributed by atoms with Crippen LogP contribution in [0.1, 0.15) is 19.8 Å². The van der Waals surface area contributed by atoms with Crippen LogP contribution < -0.4 is 0 Å². The molecule has 1 aliphatic carbocycles. The first-order valence-electron chi connectivity index (χ1n) is 5.15. The molecule has 0 heterocycles. The topological polar surface area (TPSA) is 69.9 Å². The Morgan fingerprint density at radius 2 is 1.93 bits per heavy atom. The van der Waals surface area contributed by atoms with E-state index in [-0.39, 0.29) is 24.5 Å². The van der Waals surface area contributed by atoms with Crippen LogP contribution in [-0.2, 0) is 4.74 Å². The smallest absolute Gasteiger partial charge is 0.106 e. The van der Waals surface area contributed by atoms with Crippen molar-refractivity contribution in [3.05, 3.63) is 0 Å². The second-order valence-electron chi connectivity index (χ2n) is 4.01. The van der Waals surface area contributed by atoms with Gasteiger partial charge in [0.15, 0.2) is 0 Å². The fraction of sp³-hybridized carbons (Fsp3) is 1.00.